The Balaban J connectivity index is 2.46. The number of hydrogen-bond acceptors (Lipinski definition) is 2. The summed E-state index contributed by atoms with van der Waals surface area (Å²) in [6.45, 7) is 8.07. The van der Waals surface area contributed by atoms with Crippen LogP contribution < -0.4 is 5.32 Å². The zero-order valence-electron chi connectivity index (χ0n) is 8.58. The molecular weight excluding hydrogens is 190 g/mol. The van der Waals surface area contributed by atoms with Gasteiger partial charge in [0.15, 0.2) is 0 Å². The van der Waals surface area contributed by atoms with Crippen molar-refractivity contribution in [3.63, 3.8) is 0 Å². The first-order chi connectivity index (χ1) is 6.68. The van der Waals surface area contributed by atoms with Crippen molar-refractivity contribution in [2.24, 2.45) is 0 Å². The molecule has 1 aromatic rings. The normalized spacial score (nSPS) is 9.29. The van der Waals surface area contributed by atoms with Gasteiger partial charge in [0.2, 0.25) is 0 Å². The highest BCUT2D eigenvalue weighted by Gasteiger charge is 1.92. The van der Waals surface area contributed by atoms with Crippen LogP contribution >= 0.6 is 11.8 Å². The molecule has 74 valence electrons. The van der Waals surface area contributed by atoms with E-state index >= 15 is 0 Å². The Hall–Kier alpha value is -1.15. The molecule has 0 atom stereocenters. The number of thioether (sulfide) groups is 1. The number of benzene rings is 1. The van der Waals surface area contributed by atoms with Gasteiger partial charge in [0, 0.05) is 5.69 Å². The number of hydrogen-bond donors (Lipinski definition) is 1. The Morgan fingerprint density at radius 1 is 1.29 bits per heavy atom. The van der Waals surface area contributed by atoms with E-state index in [-0.39, 0.29) is 0 Å². The second-order valence-electron chi connectivity index (χ2n) is 3.23. The van der Waals surface area contributed by atoms with Crippen LogP contribution in [0.25, 0.3) is 0 Å². The molecule has 0 aliphatic carbocycles. The lowest BCUT2D eigenvalue weighted by Crippen LogP contribution is -1.92. The Morgan fingerprint density at radius 3 is 2.50 bits per heavy atom. The summed E-state index contributed by atoms with van der Waals surface area (Å²) in [4.78, 5) is 0. The molecule has 2 heteroatoms. The number of anilines is 1. The van der Waals surface area contributed by atoms with Crippen molar-refractivity contribution in [2.75, 3.05) is 5.32 Å². The van der Waals surface area contributed by atoms with Crippen molar-refractivity contribution in [3.8, 4) is 0 Å². The van der Waals surface area contributed by atoms with Gasteiger partial charge in [-0.15, -0.1) is 0 Å². The average Bonchev–Trinajstić information content (AvgIpc) is 2.16. The summed E-state index contributed by atoms with van der Waals surface area (Å²) in [7, 11) is 0. The minimum absolute atomic E-state index is 0.942. The van der Waals surface area contributed by atoms with Gasteiger partial charge in [-0.2, -0.15) is 0 Å². The van der Waals surface area contributed by atoms with Gasteiger partial charge in [-0.05, 0) is 31.4 Å². The van der Waals surface area contributed by atoms with E-state index in [1.807, 2.05) is 30.3 Å². The fraction of sp³-hybridized carbons (Fsp3) is 0.167. The monoisotopic (exact) mass is 205 g/mol. The lowest BCUT2D eigenvalue weighted by atomic mass is 10.3. The average molecular weight is 205 g/mol. The van der Waals surface area contributed by atoms with Gasteiger partial charge >= 0.3 is 0 Å². The van der Waals surface area contributed by atoms with Crippen LogP contribution in [0.15, 0.2) is 52.9 Å². The molecule has 1 rings (SSSR count). The second-order valence-corrected chi connectivity index (χ2v) is 4.19. The zero-order valence-corrected chi connectivity index (χ0v) is 9.40. The van der Waals surface area contributed by atoms with Gasteiger partial charge in [-0.1, -0.05) is 42.1 Å². The maximum atomic E-state index is 3.93. The molecule has 1 nitrogen and oxygen atoms in total. The quantitative estimate of drug-likeness (QED) is 0.789. The third-order valence-electron chi connectivity index (χ3n) is 1.49. The predicted octanol–water partition coefficient (Wildman–Crippen LogP) is 4.23. The molecule has 14 heavy (non-hydrogen) atoms. The van der Waals surface area contributed by atoms with Crippen LogP contribution in [0.4, 0.5) is 5.69 Å². The fourth-order valence-electron chi connectivity index (χ4n) is 0.901. The van der Waals surface area contributed by atoms with Gasteiger partial charge in [-0.25, -0.2) is 0 Å². The number of nitrogens with one attached hydrogen (secondary N) is 1. The van der Waals surface area contributed by atoms with Gasteiger partial charge in [0.1, 0.15) is 0 Å². The van der Waals surface area contributed by atoms with Crippen LogP contribution in [-0.4, -0.2) is 0 Å². The highest BCUT2D eigenvalue weighted by molar-refractivity contribution is 8.05. The molecule has 0 saturated carbocycles. The fourth-order valence-corrected chi connectivity index (χ4v) is 1.46. The topological polar surface area (TPSA) is 12.0 Å². The Morgan fingerprint density at radius 2 is 1.93 bits per heavy atom. The lowest BCUT2D eigenvalue weighted by Gasteiger charge is -2.06. The minimum atomic E-state index is 0.942. The summed E-state index contributed by atoms with van der Waals surface area (Å²) >= 11 is 1.61. The summed E-state index contributed by atoms with van der Waals surface area (Å²) < 4.78 is 0. The number of para-hydroxylation sites is 1. The Labute approximate surface area is 89.9 Å². The second kappa shape index (κ2) is 5.55. The van der Waals surface area contributed by atoms with Crippen molar-refractivity contribution in [1.29, 1.82) is 0 Å². The minimum Gasteiger partial charge on any atom is -0.350 e. The molecule has 1 N–H and O–H groups in total. The van der Waals surface area contributed by atoms with Crippen molar-refractivity contribution in [2.45, 2.75) is 13.8 Å². The van der Waals surface area contributed by atoms with E-state index in [4.69, 9.17) is 0 Å². The van der Waals surface area contributed by atoms with Crippen molar-refractivity contribution in [3.05, 3.63) is 52.9 Å². The largest absolute Gasteiger partial charge is 0.350 e. The van der Waals surface area contributed by atoms with E-state index in [1.165, 1.54) is 5.57 Å². The molecule has 1 aromatic carbocycles. The molecule has 0 heterocycles. The Bertz CT molecular complexity index is 323. The third kappa shape index (κ3) is 4.19. The summed E-state index contributed by atoms with van der Waals surface area (Å²) in [5, 5.41) is 6.24. The van der Waals surface area contributed by atoms with E-state index in [2.05, 4.69) is 31.2 Å². The highest BCUT2D eigenvalue weighted by atomic mass is 32.2. The molecule has 0 amide bonds. The lowest BCUT2D eigenvalue weighted by molar-refractivity contribution is 1.41. The number of allylic oxidation sites excluding steroid dienone is 1. The molecule has 0 radical (unpaired) electrons. The van der Waals surface area contributed by atoms with E-state index in [0.717, 1.165) is 10.7 Å². The van der Waals surface area contributed by atoms with Crippen molar-refractivity contribution >= 4 is 17.4 Å². The SMILES string of the molecule is C=C(Nc1ccccc1)SC=C(C)C. The number of rotatable bonds is 4. The van der Waals surface area contributed by atoms with E-state index in [0.29, 0.717) is 0 Å². The van der Waals surface area contributed by atoms with Gasteiger partial charge < -0.3 is 5.32 Å². The summed E-state index contributed by atoms with van der Waals surface area (Å²) in [6, 6.07) is 10.0. The maximum absolute atomic E-state index is 3.93. The highest BCUT2D eigenvalue weighted by Crippen LogP contribution is 2.19. The van der Waals surface area contributed by atoms with E-state index < -0.39 is 0 Å². The molecular formula is C12H15NS. The van der Waals surface area contributed by atoms with E-state index in [1.54, 1.807) is 11.8 Å². The van der Waals surface area contributed by atoms with Gasteiger partial charge in [-0.3, -0.25) is 0 Å². The first-order valence-electron chi connectivity index (χ1n) is 4.49. The van der Waals surface area contributed by atoms with Crippen LogP contribution in [0, 0.1) is 0 Å². The third-order valence-corrected chi connectivity index (χ3v) is 2.47. The van der Waals surface area contributed by atoms with Crippen LogP contribution in [0.3, 0.4) is 0 Å². The summed E-state index contributed by atoms with van der Waals surface area (Å²) in [6.07, 6.45) is 0. The molecule has 0 aliphatic rings. The molecule has 0 fully saturated rings. The smallest absolute Gasteiger partial charge is 0.0694 e. The zero-order chi connectivity index (χ0) is 10.4. The molecule has 0 unspecified atom stereocenters. The van der Waals surface area contributed by atoms with E-state index in [9.17, 15) is 0 Å². The molecule has 0 aromatic heterocycles. The first kappa shape index (κ1) is 10.9. The van der Waals surface area contributed by atoms with Crippen LogP contribution in [0.1, 0.15) is 13.8 Å². The standard InChI is InChI=1S/C12H15NS/c1-10(2)9-14-11(3)13-12-7-5-4-6-8-12/h4-9,13H,3H2,1-2H3. The molecule has 0 aliphatic heterocycles. The van der Waals surface area contributed by atoms with Crippen LogP contribution in [-0.2, 0) is 0 Å². The van der Waals surface area contributed by atoms with Crippen LogP contribution in [0.5, 0.6) is 0 Å². The summed E-state index contributed by atoms with van der Waals surface area (Å²) in [5.41, 5.74) is 2.36. The first-order valence-corrected chi connectivity index (χ1v) is 5.37. The van der Waals surface area contributed by atoms with Crippen molar-refractivity contribution in [1.82, 2.24) is 0 Å². The van der Waals surface area contributed by atoms with Gasteiger partial charge in [0.05, 0.1) is 5.03 Å². The van der Waals surface area contributed by atoms with Gasteiger partial charge in [0.25, 0.3) is 0 Å². The molecule has 0 saturated heterocycles. The van der Waals surface area contributed by atoms with Crippen molar-refractivity contribution < 1.29 is 0 Å². The summed E-state index contributed by atoms with van der Waals surface area (Å²) in [5.74, 6) is 0. The Kier molecular flexibility index (Phi) is 4.33. The predicted molar refractivity (Wildman–Crippen MR) is 66.2 cm³/mol. The molecule has 0 bridgehead atoms. The molecule has 0 spiro atoms. The maximum Gasteiger partial charge on any atom is 0.0694 e. The van der Waals surface area contributed by atoms with Crippen LogP contribution in [0.2, 0.25) is 0 Å².